The number of rotatable bonds is 0. The van der Waals surface area contributed by atoms with Crippen LogP contribution in [0.5, 0.6) is 0 Å². The van der Waals surface area contributed by atoms with Gasteiger partial charge in [-0.05, 0) is 12.8 Å². The van der Waals surface area contributed by atoms with Gasteiger partial charge in [-0.2, -0.15) is 0 Å². The summed E-state index contributed by atoms with van der Waals surface area (Å²) in [6, 6.07) is 0. The summed E-state index contributed by atoms with van der Waals surface area (Å²) in [4.78, 5) is 0. The molecule has 0 aromatic rings. The molecule has 0 saturated heterocycles. The molecule has 0 radical (unpaired) electrons. The van der Waals surface area contributed by atoms with Crippen LogP contribution in [-0.4, -0.2) is 0 Å². The summed E-state index contributed by atoms with van der Waals surface area (Å²) in [6.07, 6.45) is 10.6. The monoisotopic (exact) mass is 136 g/mol. The fourth-order valence-corrected chi connectivity index (χ4v) is 1.31. The van der Waals surface area contributed by atoms with Crippen LogP contribution >= 0.6 is 0 Å². The molecule has 0 saturated carbocycles. The lowest BCUT2D eigenvalue weighted by atomic mass is 10.1. The number of hydrogen-bond donors (Lipinski definition) is 0. The summed E-state index contributed by atoms with van der Waals surface area (Å²) < 4.78 is 0. The van der Waals surface area contributed by atoms with Gasteiger partial charge in [0.15, 0.2) is 0 Å². The third-order valence-corrected chi connectivity index (χ3v) is 1.98. The van der Waals surface area contributed by atoms with Crippen LogP contribution < -0.4 is 0 Å². The van der Waals surface area contributed by atoms with Crippen LogP contribution in [0.15, 0.2) is 0 Å². The zero-order valence-corrected chi connectivity index (χ0v) is 6.66. The summed E-state index contributed by atoms with van der Waals surface area (Å²) in [6.45, 7) is 0. The summed E-state index contributed by atoms with van der Waals surface area (Å²) in [5.74, 6) is 6.41. The molecular weight excluding hydrogens is 120 g/mol. The zero-order chi connectivity index (χ0) is 7.07. The first-order valence-corrected chi connectivity index (χ1v) is 4.46. The van der Waals surface area contributed by atoms with Crippen LogP contribution in [0.3, 0.4) is 0 Å². The van der Waals surface area contributed by atoms with Crippen molar-refractivity contribution in [3.05, 3.63) is 0 Å². The van der Waals surface area contributed by atoms with Crippen molar-refractivity contribution in [2.75, 3.05) is 0 Å². The molecule has 0 unspecified atom stereocenters. The van der Waals surface area contributed by atoms with E-state index < -0.39 is 0 Å². The molecule has 0 nitrogen and oxygen atoms in total. The molecule has 10 heavy (non-hydrogen) atoms. The van der Waals surface area contributed by atoms with Crippen molar-refractivity contribution in [2.24, 2.45) is 0 Å². The first kappa shape index (κ1) is 7.66. The van der Waals surface area contributed by atoms with Crippen LogP contribution in [0.1, 0.15) is 51.4 Å². The first-order valence-electron chi connectivity index (χ1n) is 4.46. The van der Waals surface area contributed by atoms with Crippen LogP contribution in [0, 0.1) is 11.8 Å². The van der Waals surface area contributed by atoms with Crippen LogP contribution in [0.2, 0.25) is 0 Å². The molecule has 1 aliphatic carbocycles. The Morgan fingerprint density at radius 1 is 0.500 bits per heavy atom. The molecule has 0 aromatic carbocycles. The molecule has 56 valence electrons. The molecular formula is C10H16. The fourth-order valence-electron chi connectivity index (χ4n) is 1.31. The molecule has 0 amide bonds. The van der Waals surface area contributed by atoms with Crippen LogP contribution in [0.25, 0.3) is 0 Å². The van der Waals surface area contributed by atoms with Gasteiger partial charge < -0.3 is 0 Å². The molecule has 0 fully saturated rings. The van der Waals surface area contributed by atoms with Gasteiger partial charge in [0.25, 0.3) is 0 Å². The SMILES string of the molecule is C1#CCCCCCCCC1. The van der Waals surface area contributed by atoms with Crippen molar-refractivity contribution in [1.29, 1.82) is 0 Å². The minimum atomic E-state index is 1.14. The maximum Gasteiger partial charge on any atom is 0.00886 e. The molecule has 0 heteroatoms. The van der Waals surface area contributed by atoms with E-state index in [0.717, 1.165) is 12.8 Å². The van der Waals surface area contributed by atoms with E-state index >= 15 is 0 Å². The van der Waals surface area contributed by atoms with Gasteiger partial charge >= 0.3 is 0 Å². The summed E-state index contributed by atoms with van der Waals surface area (Å²) in [7, 11) is 0. The van der Waals surface area contributed by atoms with Crippen molar-refractivity contribution in [3.63, 3.8) is 0 Å². The van der Waals surface area contributed by atoms with Crippen molar-refractivity contribution in [1.82, 2.24) is 0 Å². The molecule has 0 atom stereocenters. The van der Waals surface area contributed by atoms with Gasteiger partial charge in [0.05, 0.1) is 0 Å². The highest BCUT2D eigenvalue weighted by Gasteiger charge is 1.91. The van der Waals surface area contributed by atoms with E-state index in [-0.39, 0.29) is 0 Å². The molecule has 1 rings (SSSR count). The Hall–Kier alpha value is -0.440. The van der Waals surface area contributed by atoms with Gasteiger partial charge in [-0.25, -0.2) is 0 Å². The lowest BCUT2D eigenvalue weighted by Crippen LogP contribution is -1.81. The zero-order valence-electron chi connectivity index (χ0n) is 6.66. The molecule has 1 aliphatic rings. The predicted molar refractivity (Wildman–Crippen MR) is 44.7 cm³/mol. The Morgan fingerprint density at radius 3 is 1.40 bits per heavy atom. The first-order chi connectivity index (χ1) is 5.00. The third kappa shape index (κ3) is 3.56. The average Bonchev–Trinajstić information content (AvgIpc) is 2.01. The molecule has 0 heterocycles. The Morgan fingerprint density at radius 2 is 0.900 bits per heavy atom. The second-order valence-corrected chi connectivity index (χ2v) is 2.97. The van der Waals surface area contributed by atoms with E-state index in [2.05, 4.69) is 11.8 Å². The minimum Gasteiger partial charge on any atom is -0.103 e. The second kappa shape index (κ2) is 5.35. The van der Waals surface area contributed by atoms with Crippen molar-refractivity contribution >= 4 is 0 Å². The molecule has 0 aromatic heterocycles. The maximum absolute atomic E-state index is 3.20. The van der Waals surface area contributed by atoms with Gasteiger partial charge in [0.2, 0.25) is 0 Å². The Labute approximate surface area is 64.0 Å². The Kier molecular flexibility index (Phi) is 4.10. The molecule has 0 bridgehead atoms. The predicted octanol–water partition coefficient (Wildman–Crippen LogP) is 3.12. The van der Waals surface area contributed by atoms with Gasteiger partial charge in [0.1, 0.15) is 0 Å². The highest BCUT2D eigenvalue weighted by atomic mass is 14.0. The minimum absolute atomic E-state index is 1.14. The van der Waals surface area contributed by atoms with Gasteiger partial charge in [0, 0.05) is 12.8 Å². The van der Waals surface area contributed by atoms with E-state index in [1.807, 2.05) is 0 Å². The lowest BCUT2D eigenvalue weighted by molar-refractivity contribution is 0.600. The maximum atomic E-state index is 3.20. The van der Waals surface area contributed by atoms with E-state index in [4.69, 9.17) is 0 Å². The molecule has 0 aliphatic heterocycles. The number of hydrogen-bond acceptors (Lipinski definition) is 0. The summed E-state index contributed by atoms with van der Waals surface area (Å²) in [5.41, 5.74) is 0. The van der Waals surface area contributed by atoms with Gasteiger partial charge in [-0.3, -0.25) is 0 Å². The summed E-state index contributed by atoms with van der Waals surface area (Å²) in [5, 5.41) is 0. The van der Waals surface area contributed by atoms with Gasteiger partial charge in [-0.15, -0.1) is 11.8 Å². The lowest BCUT2D eigenvalue weighted by Gasteiger charge is -1.99. The van der Waals surface area contributed by atoms with Crippen molar-refractivity contribution in [2.45, 2.75) is 51.4 Å². The van der Waals surface area contributed by atoms with Crippen molar-refractivity contribution < 1.29 is 0 Å². The van der Waals surface area contributed by atoms with E-state index in [1.54, 1.807) is 0 Å². The standard InChI is InChI=1S/C10H16/c1-2-4-6-8-10-9-7-5-3-1/h1-8H2. The molecule has 0 spiro atoms. The quantitative estimate of drug-likeness (QED) is 0.449. The average molecular weight is 136 g/mol. The Bertz CT molecular complexity index is 111. The Balaban J connectivity index is 2.18. The van der Waals surface area contributed by atoms with E-state index in [0.29, 0.717) is 0 Å². The van der Waals surface area contributed by atoms with Crippen LogP contribution in [0.4, 0.5) is 0 Å². The van der Waals surface area contributed by atoms with E-state index in [1.165, 1.54) is 38.5 Å². The third-order valence-electron chi connectivity index (χ3n) is 1.98. The highest BCUT2D eigenvalue weighted by molar-refractivity contribution is 4.98. The summed E-state index contributed by atoms with van der Waals surface area (Å²) >= 11 is 0. The normalized spacial score (nSPS) is 20.8. The van der Waals surface area contributed by atoms with Crippen LogP contribution in [-0.2, 0) is 0 Å². The van der Waals surface area contributed by atoms with Crippen molar-refractivity contribution in [3.8, 4) is 11.8 Å². The second-order valence-electron chi connectivity index (χ2n) is 2.97. The van der Waals surface area contributed by atoms with E-state index in [9.17, 15) is 0 Å². The molecule has 0 N–H and O–H groups in total. The fraction of sp³-hybridized carbons (Fsp3) is 0.800. The largest absolute Gasteiger partial charge is 0.103 e. The highest BCUT2D eigenvalue weighted by Crippen LogP contribution is 2.09. The van der Waals surface area contributed by atoms with Gasteiger partial charge in [-0.1, -0.05) is 25.7 Å². The smallest absolute Gasteiger partial charge is 0.00886 e. The topological polar surface area (TPSA) is 0 Å².